The summed E-state index contributed by atoms with van der Waals surface area (Å²) in [6, 6.07) is 19.8. The van der Waals surface area contributed by atoms with Crippen LogP contribution in [0.25, 0.3) is 0 Å². The van der Waals surface area contributed by atoms with E-state index in [1.165, 1.54) is 47.7 Å². The first-order valence-electron chi connectivity index (χ1n) is 8.82. The van der Waals surface area contributed by atoms with Crippen molar-refractivity contribution in [3.8, 4) is 0 Å². The summed E-state index contributed by atoms with van der Waals surface area (Å²) < 4.78 is 0. The second kappa shape index (κ2) is 7.44. The van der Waals surface area contributed by atoms with Crippen LogP contribution in [0, 0.1) is 5.41 Å². The second-order valence-corrected chi connectivity index (χ2v) is 7.65. The van der Waals surface area contributed by atoms with E-state index in [9.17, 15) is 0 Å². The molecule has 2 heteroatoms. The summed E-state index contributed by atoms with van der Waals surface area (Å²) in [4.78, 5) is 3.97. The Balaban J connectivity index is 2.01. The van der Waals surface area contributed by atoms with Crippen molar-refractivity contribution < 1.29 is 0 Å². The first-order valence-corrected chi connectivity index (χ1v) is 9.81. The Morgan fingerprint density at radius 1 is 1.00 bits per heavy atom. The van der Waals surface area contributed by atoms with Crippen molar-refractivity contribution in [1.82, 2.24) is 0 Å². The van der Waals surface area contributed by atoms with Gasteiger partial charge in [-0.3, -0.25) is 0 Å². The molecule has 0 aromatic heterocycles. The number of anilines is 2. The molecule has 2 aromatic carbocycles. The number of rotatable bonds is 5. The highest BCUT2D eigenvalue weighted by Crippen LogP contribution is 2.46. The monoisotopic (exact) mass is 325 g/mol. The van der Waals surface area contributed by atoms with Crippen LogP contribution in [-0.2, 0) is 0 Å². The minimum absolute atomic E-state index is 0.398. The van der Waals surface area contributed by atoms with Crippen molar-refractivity contribution in [3.63, 3.8) is 0 Å². The molecule has 0 bridgehead atoms. The molecule has 1 aliphatic heterocycles. The van der Waals surface area contributed by atoms with Crippen molar-refractivity contribution in [2.75, 3.05) is 17.2 Å². The molecule has 122 valence electrons. The summed E-state index contributed by atoms with van der Waals surface area (Å²) in [6.45, 7) is 5.80. The maximum absolute atomic E-state index is 2.55. The Kier molecular flexibility index (Phi) is 5.32. The molecule has 0 saturated carbocycles. The Bertz CT molecular complexity index is 625. The van der Waals surface area contributed by atoms with Crippen LogP contribution in [0.4, 0.5) is 11.4 Å². The Morgan fingerprint density at radius 2 is 1.74 bits per heavy atom. The highest BCUT2D eigenvalue weighted by Gasteiger charge is 2.34. The number of nitrogens with zero attached hydrogens (tertiary/aromatic N) is 1. The van der Waals surface area contributed by atoms with Crippen LogP contribution in [0.1, 0.15) is 39.5 Å². The molecule has 0 N–H and O–H groups in total. The van der Waals surface area contributed by atoms with E-state index in [0.717, 1.165) is 6.54 Å². The molecule has 0 fully saturated rings. The number of unbranched alkanes of at least 4 members (excludes halogenated alkanes) is 1. The lowest BCUT2D eigenvalue weighted by Gasteiger charge is -2.36. The molecule has 1 unspecified atom stereocenters. The van der Waals surface area contributed by atoms with Gasteiger partial charge in [0.05, 0.1) is 5.69 Å². The summed E-state index contributed by atoms with van der Waals surface area (Å²) >= 11 is 2.05. The van der Waals surface area contributed by atoms with Gasteiger partial charge in [0.2, 0.25) is 0 Å². The molecule has 0 spiro atoms. The number of fused-ring (bicyclic) bond motifs is 1. The van der Waals surface area contributed by atoms with Gasteiger partial charge in [-0.1, -0.05) is 57.0 Å². The lowest BCUT2D eigenvalue weighted by molar-refractivity contribution is 0.295. The normalized spacial score (nSPS) is 20.9. The summed E-state index contributed by atoms with van der Waals surface area (Å²) in [7, 11) is 0. The van der Waals surface area contributed by atoms with Crippen molar-refractivity contribution in [2.24, 2.45) is 5.41 Å². The number of hydrogen-bond acceptors (Lipinski definition) is 2. The molecule has 1 aliphatic rings. The maximum Gasteiger partial charge on any atom is 0.0549 e. The van der Waals surface area contributed by atoms with E-state index in [2.05, 4.69) is 73.3 Å². The minimum atomic E-state index is 0.398. The van der Waals surface area contributed by atoms with E-state index in [4.69, 9.17) is 0 Å². The van der Waals surface area contributed by atoms with Gasteiger partial charge in [-0.15, -0.1) is 11.8 Å². The molecule has 0 saturated heterocycles. The molecule has 0 radical (unpaired) electrons. The molecule has 0 aliphatic carbocycles. The number of thioether (sulfide) groups is 1. The lowest BCUT2D eigenvalue weighted by atomic mass is 9.81. The topological polar surface area (TPSA) is 3.24 Å². The molecule has 1 nitrogen and oxygen atoms in total. The van der Waals surface area contributed by atoms with E-state index < -0.39 is 0 Å². The molecule has 0 amide bonds. The zero-order chi connectivity index (χ0) is 16.1. The van der Waals surface area contributed by atoms with E-state index in [0.29, 0.717) is 5.41 Å². The van der Waals surface area contributed by atoms with Crippen LogP contribution in [0.2, 0.25) is 0 Å². The fraction of sp³-hybridized carbons (Fsp3) is 0.429. The van der Waals surface area contributed by atoms with Gasteiger partial charge < -0.3 is 4.90 Å². The average Bonchev–Trinajstić information content (AvgIpc) is 2.79. The first-order chi connectivity index (χ1) is 11.3. The molecular weight excluding hydrogens is 298 g/mol. The average molecular weight is 326 g/mol. The van der Waals surface area contributed by atoms with Crippen molar-refractivity contribution in [3.05, 3.63) is 54.6 Å². The van der Waals surface area contributed by atoms with Crippen LogP contribution >= 0.6 is 11.8 Å². The van der Waals surface area contributed by atoms with Crippen LogP contribution in [0.5, 0.6) is 0 Å². The number of hydrogen-bond donors (Lipinski definition) is 0. The zero-order valence-corrected chi connectivity index (χ0v) is 15.1. The van der Waals surface area contributed by atoms with Crippen molar-refractivity contribution >= 4 is 23.1 Å². The Morgan fingerprint density at radius 3 is 2.48 bits per heavy atom. The highest BCUT2D eigenvalue weighted by molar-refractivity contribution is 7.99. The standard InChI is InChI=1S/C21H27NS/c1-3-5-15-21(4-2)16-22(18-11-7-6-8-12-18)19-13-9-10-14-20(19)23-17-21/h6-14H,3-5,15-17H2,1-2H3. The Hall–Kier alpha value is -1.41. The zero-order valence-electron chi connectivity index (χ0n) is 14.3. The predicted octanol–water partition coefficient (Wildman–Crippen LogP) is 6.52. The van der Waals surface area contributed by atoms with E-state index >= 15 is 0 Å². The van der Waals surface area contributed by atoms with Crippen LogP contribution in [0.15, 0.2) is 59.5 Å². The van der Waals surface area contributed by atoms with Crippen LogP contribution in [-0.4, -0.2) is 12.3 Å². The largest absolute Gasteiger partial charge is 0.340 e. The van der Waals surface area contributed by atoms with Gasteiger partial charge in [-0.05, 0) is 42.5 Å². The van der Waals surface area contributed by atoms with Gasteiger partial charge in [-0.25, -0.2) is 0 Å². The number of benzene rings is 2. The van der Waals surface area contributed by atoms with Crippen molar-refractivity contribution in [2.45, 2.75) is 44.4 Å². The summed E-state index contributed by atoms with van der Waals surface area (Å²) in [5, 5.41) is 0. The molecule has 1 atom stereocenters. The molecule has 3 rings (SSSR count). The SMILES string of the molecule is CCCCC1(CC)CSc2ccccc2N(c2ccccc2)C1. The van der Waals surface area contributed by atoms with Gasteiger partial charge in [0, 0.05) is 22.9 Å². The number of para-hydroxylation sites is 2. The fourth-order valence-corrected chi connectivity index (χ4v) is 4.83. The van der Waals surface area contributed by atoms with Crippen molar-refractivity contribution in [1.29, 1.82) is 0 Å². The van der Waals surface area contributed by atoms with E-state index in [1.807, 2.05) is 11.8 Å². The van der Waals surface area contributed by atoms with Gasteiger partial charge in [0.15, 0.2) is 0 Å². The minimum Gasteiger partial charge on any atom is -0.340 e. The van der Waals surface area contributed by atoms with E-state index in [-0.39, 0.29) is 0 Å². The molecule has 23 heavy (non-hydrogen) atoms. The summed E-state index contributed by atoms with van der Waals surface area (Å²) in [5.41, 5.74) is 3.09. The first kappa shape index (κ1) is 16.4. The Labute approximate surface area is 145 Å². The molecular formula is C21H27NS. The van der Waals surface area contributed by atoms with Gasteiger partial charge >= 0.3 is 0 Å². The van der Waals surface area contributed by atoms with Gasteiger partial charge in [0.1, 0.15) is 0 Å². The molecule has 2 aromatic rings. The summed E-state index contributed by atoms with van der Waals surface area (Å²) in [6.07, 6.45) is 5.18. The predicted molar refractivity (Wildman–Crippen MR) is 103 cm³/mol. The highest BCUT2D eigenvalue weighted by atomic mass is 32.2. The van der Waals surface area contributed by atoms with Gasteiger partial charge in [-0.2, -0.15) is 0 Å². The third-order valence-electron chi connectivity index (χ3n) is 5.06. The van der Waals surface area contributed by atoms with Crippen LogP contribution < -0.4 is 4.90 Å². The van der Waals surface area contributed by atoms with Crippen LogP contribution in [0.3, 0.4) is 0 Å². The lowest BCUT2D eigenvalue weighted by Crippen LogP contribution is -2.35. The smallest absolute Gasteiger partial charge is 0.0549 e. The maximum atomic E-state index is 2.55. The third kappa shape index (κ3) is 3.58. The quantitative estimate of drug-likeness (QED) is 0.616. The molecule has 1 heterocycles. The second-order valence-electron chi connectivity index (χ2n) is 6.64. The van der Waals surface area contributed by atoms with Gasteiger partial charge in [0.25, 0.3) is 0 Å². The fourth-order valence-electron chi connectivity index (χ4n) is 3.43. The summed E-state index contributed by atoms with van der Waals surface area (Å²) in [5.74, 6) is 1.23. The third-order valence-corrected chi connectivity index (χ3v) is 6.47. The van der Waals surface area contributed by atoms with E-state index in [1.54, 1.807) is 0 Å².